The molecule has 1 saturated heterocycles. The van der Waals surface area contributed by atoms with E-state index in [0.29, 0.717) is 11.8 Å². The third-order valence-electron chi connectivity index (χ3n) is 6.37. The molecule has 1 heterocycles. The molecule has 0 spiro atoms. The van der Waals surface area contributed by atoms with Crippen LogP contribution in [-0.2, 0) is 0 Å². The molecule has 4 rings (SSSR count). The maximum absolute atomic E-state index is 5.89. The van der Waals surface area contributed by atoms with Gasteiger partial charge in [0.25, 0.3) is 0 Å². The predicted molar refractivity (Wildman–Crippen MR) is 127 cm³/mol. The fraction of sp³-hybridized carbons (Fsp3) is 0.357. The molecule has 0 aromatic heterocycles. The minimum atomic E-state index is 0.489. The van der Waals surface area contributed by atoms with Gasteiger partial charge in [-0.1, -0.05) is 60.7 Å². The van der Waals surface area contributed by atoms with Gasteiger partial charge in [0.15, 0.2) is 0 Å². The van der Waals surface area contributed by atoms with Crippen LogP contribution in [0.2, 0.25) is 0 Å². The SMILES string of the molecule is COc1ccc(OCCCN2CCC(C(c3ccccc3)c3ccccc3)CC2)cc1. The number of methoxy groups -OCH3 is 1. The van der Waals surface area contributed by atoms with E-state index >= 15 is 0 Å². The van der Waals surface area contributed by atoms with Gasteiger partial charge in [-0.25, -0.2) is 0 Å². The number of rotatable bonds is 9. The quantitative estimate of drug-likeness (QED) is 0.400. The van der Waals surface area contributed by atoms with Crippen LogP contribution in [-0.4, -0.2) is 38.3 Å². The third-order valence-corrected chi connectivity index (χ3v) is 6.37. The first kappa shape index (κ1) is 21.5. The molecule has 31 heavy (non-hydrogen) atoms. The number of piperidine rings is 1. The highest BCUT2D eigenvalue weighted by Gasteiger charge is 2.28. The highest BCUT2D eigenvalue weighted by atomic mass is 16.5. The van der Waals surface area contributed by atoms with Crippen LogP contribution >= 0.6 is 0 Å². The summed E-state index contributed by atoms with van der Waals surface area (Å²) in [6, 6.07) is 29.9. The van der Waals surface area contributed by atoms with Crippen LogP contribution in [0.15, 0.2) is 84.9 Å². The third kappa shape index (κ3) is 5.89. The molecule has 0 N–H and O–H groups in total. The molecule has 0 atom stereocenters. The van der Waals surface area contributed by atoms with Crippen molar-refractivity contribution in [3.63, 3.8) is 0 Å². The first-order chi connectivity index (χ1) is 15.3. The van der Waals surface area contributed by atoms with Crippen molar-refractivity contribution in [2.45, 2.75) is 25.2 Å². The van der Waals surface area contributed by atoms with Crippen molar-refractivity contribution in [1.29, 1.82) is 0 Å². The minimum absolute atomic E-state index is 0.489. The molecular weight excluding hydrogens is 382 g/mol. The fourth-order valence-electron chi connectivity index (χ4n) is 4.72. The van der Waals surface area contributed by atoms with E-state index in [4.69, 9.17) is 9.47 Å². The van der Waals surface area contributed by atoms with E-state index in [1.165, 1.54) is 37.1 Å². The largest absolute Gasteiger partial charge is 0.497 e. The van der Waals surface area contributed by atoms with Gasteiger partial charge in [-0.15, -0.1) is 0 Å². The number of benzene rings is 3. The monoisotopic (exact) mass is 415 g/mol. The second-order valence-corrected chi connectivity index (χ2v) is 8.36. The Bertz CT molecular complexity index is 848. The van der Waals surface area contributed by atoms with E-state index in [2.05, 4.69) is 65.6 Å². The molecule has 0 saturated carbocycles. The van der Waals surface area contributed by atoms with E-state index in [-0.39, 0.29) is 0 Å². The summed E-state index contributed by atoms with van der Waals surface area (Å²) in [5, 5.41) is 0. The van der Waals surface area contributed by atoms with Gasteiger partial charge in [0, 0.05) is 12.5 Å². The molecule has 3 aromatic carbocycles. The van der Waals surface area contributed by atoms with Crippen molar-refractivity contribution >= 4 is 0 Å². The summed E-state index contributed by atoms with van der Waals surface area (Å²) in [6.07, 6.45) is 3.54. The number of likely N-dealkylation sites (tertiary alicyclic amines) is 1. The summed E-state index contributed by atoms with van der Waals surface area (Å²) in [4.78, 5) is 2.60. The molecule has 0 amide bonds. The van der Waals surface area contributed by atoms with Crippen molar-refractivity contribution in [1.82, 2.24) is 4.90 Å². The van der Waals surface area contributed by atoms with E-state index in [0.717, 1.165) is 31.1 Å². The van der Waals surface area contributed by atoms with Crippen LogP contribution < -0.4 is 9.47 Å². The number of ether oxygens (including phenoxy) is 2. The van der Waals surface area contributed by atoms with Gasteiger partial charge < -0.3 is 14.4 Å². The first-order valence-corrected chi connectivity index (χ1v) is 11.4. The Morgan fingerprint density at radius 1 is 0.774 bits per heavy atom. The molecular formula is C28H33NO2. The maximum atomic E-state index is 5.89. The Morgan fingerprint density at radius 2 is 1.32 bits per heavy atom. The smallest absolute Gasteiger partial charge is 0.119 e. The van der Waals surface area contributed by atoms with Gasteiger partial charge in [0.05, 0.1) is 13.7 Å². The topological polar surface area (TPSA) is 21.7 Å². The second kappa shape index (κ2) is 11.0. The number of hydrogen-bond donors (Lipinski definition) is 0. The van der Waals surface area contributed by atoms with Gasteiger partial charge in [-0.05, 0) is 73.7 Å². The number of hydrogen-bond acceptors (Lipinski definition) is 3. The van der Waals surface area contributed by atoms with Crippen LogP contribution in [0.4, 0.5) is 0 Å². The molecule has 0 radical (unpaired) electrons. The van der Waals surface area contributed by atoms with Gasteiger partial charge >= 0.3 is 0 Å². The van der Waals surface area contributed by atoms with Crippen molar-refractivity contribution in [3.05, 3.63) is 96.1 Å². The molecule has 1 aliphatic heterocycles. The molecule has 1 fully saturated rings. The summed E-state index contributed by atoms with van der Waals surface area (Å²) in [5.41, 5.74) is 2.89. The van der Waals surface area contributed by atoms with Crippen LogP contribution in [0.1, 0.15) is 36.3 Å². The highest BCUT2D eigenvalue weighted by Crippen LogP contribution is 2.37. The van der Waals surface area contributed by atoms with E-state index < -0.39 is 0 Å². The minimum Gasteiger partial charge on any atom is -0.497 e. The van der Waals surface area contributed by atoms with Gasteiger partial charge in [-0.2, -0.15) is 0 Å². The standard InChI is InChI=1S/C28H33NO2/c1-30-26-13-15-27(16-14-26)31-22-8-19-29-20-17-25(18-21-29)28(23-9-4-2-5-10-23)24-11-6-3-7-12-24/h2-7,9-16,25,28H,8,17-22H2,1H3. The summed E-state index contributed by atoms with van der Waals surface area (Å²) in [6.45, 7) is 4.19. The first-order valence-electron chi connectivity index (χ1n) is 11.4. The molecule has 3 nitrogen and oxygen atoms in total. The van der Waals surface area contributed by atoms with Crippen molar-refractivity contribution in [3.8, 4) is 11.5 Å². The Morgan fingerprint density at radius 3 is 1.87 bits per heavy atom. The van der Waals surface area contributed by atoms with Gasteiger partial charge in [0.1, 0.15) is 11.5 Å². The van der Waals surface area contributed by atoms with E-state index in [1.54, 1.807) is 7.11 Å². The molecule has 1 aliphatic rings. The van der Waals surface area contributed by atoms with Crippen LogP contribution in [0.3, 0.4) is 0 Å². The lowest BCUT2D eigenvalue weighted by Gasteiger charge is -2.36. The predicted octanol–water partition coefficient (Wildman–Crippen LogP) is 6.01. The molecule has 162 valence electrons. The maximum Gasteiger partial charge on any atom is 0.119 e. The zero-order valence-electron chi connectivity index (χ0n) is 18.5. The average molecular weight is 416 g/mol. The van der Waals surface area contributed by atoms with Crippen LogP contribution in [0, 0.1) is 5.92 Å². The molecule has 3 aromatic rings. The molecule has 0 bridgehead atoms. The van der Waals surface area contributed by atoms with Gasteiger partial charge in [0.2, 0.25) is 0 Å². The Balaban J connectivity index is 1.27. The zero-order chi connectivity index (χ0) is 21.3. The molecule has 0 unspecified atom stereocenters. The van der Waals surface area contributed by atoms with Crippen molar-refractivity contribution < 1.29 is 9.47 Å². The van der Waals surface area contributed by atoms with Crippen LogP contribution in [0.5, 0.6) is 11.5 Å². The van der Waals surface area contributed by atoms with Gasteiger partial charge in [-0.3, -0.25) is 0 Å². The number of nitrogens with zero attached hydrogens (tertiary/aromatic N) is 1. The summed E-state index contributed by atoms with van der Waals surface area (Å²) in [7, 11) is 1.68. The summed E-state index contributed by atoms with van der Waals surface area (Å²) in [5.74, 6) is 2.95. The Labute approximate surface area is 186 Å². The molecule has 3 heteroatoms. The lowest BCUT2D eigenvalue weighted by atomic mass is 9.76. The average Bonchev–Trinajstić information content (AvgIpc) is 2.85. The van der Waals surface area contributed by atoms with E-state index in [1.807, 2.05) is 24.3 Å². The lowest BCUT2D eigenvalue weighted by molar-refractivity contribution is 0.163. The highest BCUT2D eigenvalue weighted by molar-refractivity contribution is 5.33. The Hall–Kier alpha value is -2.78. The van der Waals surface area contributed by atoms with Crippen LogP contribution in [0.25, 0.3) is 0 Å². The summed E-state index contributed by atoms with van der Waals surface area (Å²) >= 11 is 0. The van der Waals surface area contributed by atoms with E-state index in [9.17, 15) is 0 Å². The summed E-state index contributed by atoms with van der Waals surface area (Å²) < 4.78 is 11.1. The Kier molecular flexibility index (Phi) is 7.62. The fourth-order valence-corrected chi connectivity index (χ4v) is 4.72. The second-order valence-electron chi connectivity index (χ2n) is 8.36. The normalized spacial score (nSPS) is 15.2. The zero-order valence-corrected chi connectivity index (χ0v) is 18.5. The van der Waals surface area contributed by atoms with Crippen molar-refractivity contribution in [2.24, 2.45) is 5.92 Å². The lowest BCUT2D eigenvalue weighted by Crippen LogP contribution is -2.36. The molecule has 0 aliphatic carbocycles. The van der Waals surface area contributed by atoms with Crippen molar-refractivity contribution in [2.75, 3.05) is 33.4 Å².